The van der Waals surface area contributed by atoms with Gasteiger partial charge in [-0.3, -0.25) is 14.5 Å². The monoisotopic (exact) mass is 171 g/mol. The third-order valence-electron chi connectivity index (χ3n) is 2.00. The summed E-state index contributed by atoms with van der Waals surface area (Å²) in [7, 11) is 3.22. The van der Waals surface area contributed by atoms with Gasteiger partial charge in [-0.25, -0.2) is 0 Å². The first-order valence-electron chi connectivity index (χ1n) is 3.97. The van der Waals surface area contributed by atoms with E-state index >= 15 is 0 Å². The van der Waals surface area contributed by atoms with Crippen molar-refractivity contribution in [2.24, 2.45) is 5.92 Å². The number of likely N-dealkylation sites (N-methyl/N-ethyl adjacent to an activating group) is 1. The number of aliphatic carboxylic acids is 1. The van der Waals surface area contributed by atoms with Crippen LogP contribution < -0.4 is 0 Å². The Morgan fingerprint density at radius 2 is 1.92 bits per heavy atom. The first-order valence-corrected chi connectivity index (χ1v) is 3.97. The van der Waals surface area contributed by atoms with Crippen molar-refractivity contribution in [1.82, 2.24) is 4.90 Å². The van der Waals surface area contributed by atoms with Gasteiger partial charge in [-0.2, -0.15) is 0 Å². The first-order chi connectivity index (χ1) is 5.54. The largest absolute Gasteiger partial charge is 0.480 e. The molecular formula is C8H13NO3. The fourth-order valence-corrected chi connectivity index (χ4v) is 1.19. The minimum Gasteiger partial charge on any atom is -0.480 e. The van der Waals surface area contributed by atoms with E-state index in [9.17, 15) is 9.59 Å². The summed E-state index contributed by atoms with van der Waals surface area (Å²) >= 11 is 0. The molecule has 1 rings (SSSR count). The lowest BCUT2D eigenvalue weighted by Gasteiger charge is -2.17. The molecule has 1 aliphatic carbocycles. The molecular weight excluding hydrogens is 158 g/mol. The van der Waals surface area contributed by atoms with Gasteiger partial charge in [-0.05, 0) is 26.9 Å². The summed E-state index contributed by atoms with van der Waals surface area (Å²) in [4.78, 5) is 23.5. The smallest absolute Gasteiger partial charge is 0.328 e. The second-order valence-electron chi connectivity index (χ2n) is 3.38. The van der Waals surface area contributed by atoms with E-state index in [1.54, 1.807) is 14.1 Å². The van der Waals surface area contributed by atoms with Crippen LogP contribution in [0.1, 0.15) is 12.8 Å². The van der Waals surface area contributed by atoms with Crippen LogP contribution in [0.4, 0.5) is 0 Å². The maximum atomic E-state index is 11.4. The van der Waals surface area contributed by atoms with Crippen LogP contribution in [0.2, 0.25) is 0 Å². The molecule has 1 saturated carbocycles. The SMILES string of the molecule is CN(C)C(C(=O)O)C(=O)C1CC1. The fraction of sp³-hybridized carbons (Fsp3) is 0.750. The second-order valence-corrected chi connectivity index (χ2v) is 3.38. The van der Waals surface area contributed by atoms with Crippen LogP contribution in [-0.2, 0) is 9.59 Å². The van der Waals surface area contributed by atoms with Gasteiger partial charge < -0.3 is 5.11 Å². The van der Waals surface area contributed by atoms with Gasteiger partial charge in [0.2, 0.25) is 0 Å². The number of rotatable bonds is 4. The summed E-state index contributed by atoms with van der Waals surface area (Å²) in [5.74, 6) is -1.18. The molecule has 0 bridgehead atoms. The first kappa shape index (κ1) is 9.19. The maximum absolute atomic E-state index is 11.4. The highest BCUT2D eigenvalue weighted by molar-refractivity contribution is 6.04. The average molecular weight is 171 g/mol. The predicted molar refractivity (Wildman–Crippen MR) is 42.8 cm³/mol. The Balaban J connectivity index is 2.63. The minimum atomic E-state index is -1.04. The lowest BCUT2D eigenvalue weighted by atomic mass is 10.1. The summed E-state index contributed by atoms with van der Waals surface area (Å²) in [5, 5.41) is 8.73. The lowest BCUT2D eigenvalue weighted by Crippen LogP contribution is -2.43. The Morgan fingerprint density at radius 3 is 2.17 bits per heavy atom. The minimum absolute atomic E-state index is 0.00787. The number of carboxylic acids is 1. The topological polar surface area (TPSA) is 57.6 Å². The lowest BCUT2D eigenvalue weighted by molar-refractivity contribution is -0.147. The van der Waals surface area contributed by atoms with Gasteiger partial charge in [0.15, 0.2) is 11.8 Å². The molecule has 0 aromatic carbocycles. The summed E-state index contributed by atoms with van der Waals surface area (Å²) in [5.41, 5.74) is 0. The average Bonchev–Trinajstić information content (AvgIpc) is 2.64. The summed E-state index contributed by atoms with van der Waals surface area (Å²) < 4.78 is 0. The van der Waals surface area contributed by atoms with Gasteiger partial charge >= 0.3 is 5.97 Å². The fourth-order valence-electron chi connectivity index (χ4n) is 1.19. The van der Waals surface area contributed by atoms with Gasteiger partial charge in [-0.15, -0.1) is 0 Å². The Labute approximate surface area is 71.2 Å². The van der Waals surface area contributed by atoms with Crippen LogP contribution in [0.15, 0.2) is 0 Å². The Bertz CT molecular complexity index is 208. The molecule has 0 saturated heterocycles. The third-order valence-corrected chi connectivity index (χ3v) is 2.00. The molecule has 0 radical (unpaired) electrons. The molecule has 1 atom stereocenters. The number of hydrogen-bond donors (Lipinski definition) is 1. The van der Waals surface area contributed by atoms with Gasteiger partial charge in [0.1, 0.15) is 0 Å². The predicted octanol–water partition coefficient (Wildman–Crippen LogP) is -0.0197. The number of Topliss-reactive ketones (excluding diaryl/α,β-unsaturated/α-hetero) is 1. The van der Waals surface area contributed by atoms with E-state index in [1.807, 2.05) is 0 Å². The summed E-state index contributed by atoms with van der Waals surface area (Å²) in [6.45, 7) is 0. The normalized spacial score (nSPS) is 19.2. The molecule has 12 heavy (non-hydrogen) atoms. The molecule has 4 heteroatoms. The highest BCUT2D eigenvalue weighted by Crippen LogP contribution is 2.31. The highest BCUT2D eigenvalue weighted by Gasteiger charge is 2.39. The molecule has 1 N–H and O–H groups in total. The van der Waals surface area contributed by atoms with Crippen LogP contribution in [0, 0.1) is 5.92 Å². The van der Waals surface area contributed by atoms with Crippen LogP contribution in [0.3, 0.4) is 0 Å². The van der Waals surface area contributed by atoms with E-state index < -0.39 is 12.0 Å². The highest BCUT2D eigenvalue weighted by atomic mass is 16.4. The quantitative estimate of drug-likeness (QED) is 0.604. The van der Waals surface area contributed by atoms with Crippen LogP contribution in [-0.4, -0.2) is 41.9 Å². The molecule has 1 fully saturated rings. The molecule has 0 aromatic rings. The Kier molecular flexibility index (Phi) is 2.47. The van der Waals surface area contributed by atoms with Crippen molar-refractivity contribution in [2.75, 3.05) is 14.1 Å². The van der Waals surface area contributed by atoms with E-state index in [-0.39, 0.29) is 11.7 Å². The zero-order valence-electron chi connectivity index (χ0n) is 7.28. The molecule has 0 spiro atoms. The molecule has 4 nitrogen and oxygen atoms in total. The van der Waals surface area contributed by atoms with Crippen molar-refractivity contribution in [3.63, 3.8) is 0 Å². The van der Waals surface area contributed by atoms with E-state index in [2.05, 4.69) is 0 Å². The van der Waals surface area contributed by atoms with Gasteiger partial charge in [0.25, 0.3) is 0 Å². The van der Waals surface area contributed by atoms with Crippen molar-refractivity contribution in [3.8, 4) is 0 Å². The van der Waals surface area contributed by atoms with Crippen molar-refractivity contribution in [3.05, 3.63) is 0 Å². The van der Waals surface area contributed by atoms with Gasteiger partial charge in [-0.1, -0.05) is 0 Å². The number of ketones is 1. The van der Waals surface area contributed by atoms with Crippen LogP contribution in [0.25, 0.3) is 0 Å². The van der Waals surface area contributed by atoms with Gasteiger partial charge in [0.05, 0.1) is 0 Å². The molecule has 68 valence electrons. The molecule has 1 aliphatic rings. The number of hydrogen-bond acceptors (Lipinski definition) is 3. The van der Waals surface area contributed by atoms with E-state index in [4.69, 9.17) is 5.11 Å². The summed E-state index contributed by atoms with van der Waals surface area (Å²) in [6.07, 6.45) is 1.72. The van der Waals surface area contributed by atoms with Gasteiger partial charge in [0, 0.05) is 5.92 Å². The third kappa shape index (κ3) is 1.82. The molecule has 0 heterocycles. The Morgan fingerprint density at radius 1 is 1.42 bits per heavy atom. The standard InChI is InChI=1S/C8H13NO3/c1-9(2)6(8(11)12)7(10)5-3-4-5/h5-6H,3-4H2,1-2H3,(H,11,12). The zero-order valence-corrected chi connectivity index (χ0v) is 7.28. The van der Waals surface area contributed by atoms with Crippen molar-refractivity contribution in [2.45, 2.75) is 18.9 Å². The van der Waals surface area contributed by atoms with Crippen molar-refractivity contribution in [1.29, 1.82) is 0 Å². The van der Waals surface area contributed by atoms with Crippen LogP contribution >= 0.6 is 0 Å². The molecule has 0 aromatic heterocycles. The van der Waals surface area contributed by atoms with E-state index in [1.165, 1.54) is 4.90 Å². The summed E-state index contributed by atoms with van der Waals surface area (Å²) in [6, 6.07) is -0.947. The number of nitrogens with zero attached hydrogens (tertiary/aromatic N) is 1. The molecule has 1 unspecified atom stereocenters. The van der Waals surface area contributed by atoms with Crippen LogP contribution in [0.5, 0.6) is 0 Å². The number of carbonyl (C=O) groups excluding carboxylic acids is 1. The zero-order chi connectivity index (χ0) is 9.30. The van der Waals surface area contributed by atoms with Crippen molar-refractivity contribution < 1.29 is 14.7 Å². The van der Waals surface area contributed by atoms with Crippen molar-refractivity contribution >= 4 is 11.8 Å². The maximum Gasteiger partial charge on any atom is 0.328 e. The number of carboxylic acid groups (broad SMARTS) is 1. The second kappa shape index (κ2) is 3.23. The van der Waals surface area contributed by atoms with E-state index in [0.29, 0.717) is 0 Å². The van der Waals surface area contributed by atoms with E-state index in [0.717, 1.165) is 12.8 Å². The molecule has 0 aliphatic heterocycles. The Hall–Kier alpha value is -0.900. The number of carbonyl (C=O) groups is 2. The molecule has 0 amide bonds.